The molecule has 84 valence electrons. The summed E-state index contributed by atoms with van der Waals surface area (Å²) in [6.45, 7) is 6.68. The van der Waals surface area contributed by atoms with E-state index in [0.29, 0.717) is 12.5 Å². The van der Waals surface area contributed by atoms with E-state index in [2.05, 4.69) is 24.1 Å². The second kappa shape index (κ2) is 5.32. The van der Waals surface area contributed by atoms with Crippen molar-refractivity contribution in [2.24, 2.45) is 0 Å². The lowest BCUT2D eigenvalue weighted by Gasteiger charge is -2.28. The van der Waals surface area contributed by atoms with Crippen molar-refractivity contribution in [3.05, 3.63) is 0 Å². The van der Waals surface area contributed by atoms with Crippen molar-refractivity contribution in [2.45, 2.75) is 38.8 Å². The molecule has 2 N–H and O–H groups in total. The number of likely N-dealkylation sites (N-methyl/N-ethyl adjacent to an activating group) is 1. The molecule has 14 heavy (non-hydrogen) atoms. The second-order valence-corrected chi connectivity index (χ2v) is 4.21. The maximum Gasteiger partial charge on any atom is 0.323 e. The SMILES string of the molecule is CNC(C)(CCN(C)C(C)C)C(=O)O. The molecule has 0 amide bonds. The van der Waals surface area contributed by atoms with Crippen LogP contribution >= 0.6 is 0 Å². The van der Waals surface area contributed by atoms with Gasteiger partial charge in [-0.2, -0.15) is 0 Å². The topological polar surface area (TPSA) is 52.6 Å². The van der Waals surface area contributed by atoms with Crippen molar-refractivity contribution in [2.75, 3.05) is 20.6 Å². The Morgan fingerprint density at radius 1 is 1.57 bits per heavy atom. The van der Waals surface area contributed by atoms with Gasteiger partial charge in [0.15, 0.2) is 0 Å². The summed E-state index contributed by atoms with van der Waals surface area (Å²) in [5.41, 5.74) is -0.816. The summed E-state index contributed by atoms with van der Waals surface area (Å²) >= 11 is 0. The Morgan fingerprint density at radius 2 is 2.07 bits per heavy atom. The van der Waals surface area contributed by atoms with Gasteiger partial charge in [-0.1, -0.05) is 0 Å². The van der Waals surface area contributed by atoms with E-state index in [9.17, 15) is 4.79 Å². The fourth-order valence-corrected chi connectivity index (χ4v) is 0.997. The number of nitrogens with zero attached hydrogens (tertiary/aromatic N) is 1. The van der Waals surface area contributed by atoms with Crippen LogP contribution in [0.5, 0.6) is 0 Å². The lowest BCUT2D eigenvalue weighted by molar-refractivity contribution is -0.144. The van der Waals surface area contributed by atoms with E-state index in [1.54, 1.807) is 14.0 Å². The highest BCUT2D eigenvalue weighted by Crippen LogP contribution is 2.10. The Morgan fingerprint density at radius 3 is 2.36 bits per heavy atom. The molecule has 0 bridgehead atoms. The molecule has 0 saturated carbocycles. The average Bonchev–Trinajstić information content (AvgIpc) is 2.12. The fraction of sp³-hybridized carbons (Fsp3) is 0.900. The van der Waals surface area contributed by atoms with Crippen LogP contribution in [0.15, 0.2) is 0 Å². The molecule has 0 spiro atoms. The van der Waals surface area contributed by atoms with E-state index in [-0.39, 0.29) is 0 Å². The number of aliphatic carboxylic acids is 1. The summed E-state index contributed by atoms with van der Waals surface area (Å²) in [4.78, 5) is 13.1. The zero-order valence-corrected chi connectivity index (χ0v) is 9.79. The summed E-state index contributed by atoms with van der Waals surface area (Å²) in [5.74, 6) is -0.794. The van der Waals surface area contributed by atoms with E-state index in [0.717, 1.165) is 6.54 Å². The molecule has 0 aromatic carbocycles. The highest BCUT2D eigenvalue weighted by atomic mass is 16.4. The smallest absolute Gasteiger partial charge is 0.323 e. The quantitative estimate of drug-likeness (QED) is 0.668. The van der Waals surface area contributed by atoms with Gasteiger partial charge in [0.25, 0.3) is 0 Å². The monoisotopic (exact) mass is 202 g/mol. The Labute approximate surface area is 86.3 Å². The maximum atomic E-state index is 11.0. The van der Waals surface area contributed by atoms with Crippen molar-refractivity contribution in [1.29, 1.82) is 0 Å². The minimum Gasteiger partial charge on any atom is -0.480 e. The summed E-state index contributed by atoms with van der Waals surface area (Å²) in [6, 6.07) is 0.449. The van der Waals surface area contributed by atoms with Crippen LogP contribution in [0.2, 0.25) is 0 Å². The molecule has 0 radical (unpaired) electrons. The van der Waals surface area contributed by atoms with Crippen LogP contribution in [0, 0.1) is 0 Å². The van der Waals surface area contributed by atoms with Gasteiger partial charge in [0, 0.05) is 12.6 Å². The van der Waals surface area contributed by atoms with Crippen LogP contribution in [0.4, 0.5) is 0 Å². The van der Waals surface area contributed by atoms with Gasteiger partial charge in [0.1, 0.15) is 5.54 Å². The fourth-order valence-electron chi connectivity index (χ4n) is 0.997. The third-order valence-corrected chi connectivity index (χ3v) is 2.87. The van der Waals surface area contributed by atoms with E-state index in [1.165, 1.54) is 0 Å². The van der Waals surface area contributed by atoms with Gasteiger partial charge in [0.05, 0.1) is 0 Å². The van der Waals surface area contributed by atoms with Gasteiger partial charge in [-0.15, -0.1) is 0 Å². The third kappa shape index (κ3) is 3.64. The number of hydrogen-bond acceptors (Lipinski definition) is 3. The summed E-state index contributed by atoms with van der Waals surface area (Å²) in [7, 11) is 3.69. The molecule has 0 aliphatic carbocycles. The lowest BCUT2D eigenvalue weighted by atomic mass is 9.98. The summed E-state index contributed by atoms with van der Waals surface area (Å²) < 4.78 is 0. The maximum absolute atomic E-state index is 11.0. The molecular formula is C10H22N2O2. The van der Waals surface area contributed by atoms with Gasteiger partial charge in [-0.05, 0) is 41.3 Å². The van der Waals surface area contributed by atoms with Crippen molar-refractivity contribution in [3.63, 3.8) is 0 Å². The molecule has 1 unspecified atom stereocenters. The zero-order chi connectivity index (χ0) is 11.4. The van der Waals surface area contributed by atoms with E-state index < -0.39 is 11.5 Å². The molecule has 0 fully saturated rings. The molecule has 0 aliphatic rings. The van der Waals surface area contributed by atoms with Crippen molar-refractivity contribution in [3.8, 4) is 0 Å². The molecule has 1 atom stereocenters. The highest BCUT2D eigenvalue weighted by molar-refractivity contribution is 5.78. The summed E-state index contributed by atoms with van der Waals surface area (Å²) in [6.07, 6.45) is 0.605. The van der Waals surface area contributed by atoms with Gasteiger partial charge in [-0.3, -0.25) is 4.79 Å². The highest BCUT2D eigenvalue weighted by Gasteiger charge is 2.30. The minimum absolute atomic E-state index is 0.449. The first-order valence-corrected chi connectivity index (χ1v) is 4.96. The van der Waals surface area contributed by atoms with Crippen LogP contribution in [-0.2, 0) is 4.79 Å². The number of carbonyl (C=O) groups is 1. The molecule has 0 aromatic rings. The van der Waals surface area contributed by atoms with Gasteiger partial charge >= 0.3 is 5.97 Å². The number of hydrogen-bond donors (Lipinski definition) is 2. The average molecular weight is 202 g/mol. The van der Waals surface area contributed by atoms with Gasteiger partial charge in [0.2, 0.25) is 0 Å². The number of carboxylic acid groups (broad SMARTS) is 1. The van der Waals surface area contributed by atoms with E-state index in [4.69, 9.17) is 5.11 Å². The van der Waals surface area contributed by atoms with E-state index in [1.807, 2.05) is 7.05 Å². The van der Waals surface area contributed by atoms with Crippen LogP contribution in [-0.4, -0.2) is 48.2 Å². The number of carboxylic acids is 1. The number of rotatable bonds is 6. The van der Waals surface area contributed by atoms with Crippen LogP contribution in [0.25, 0.3) is 0 Å². The van der Waals surface area contributed by atoms with Gasteiger partial charge < -0.3 is 15.3 Å². The second-order valence-electron chi connectivity index (χ2n) is 4.21. The molecule has 4 nitrogen and oxygen atoms in total. The van der Waals surface area contributed by atoms with E-state index >= 15 is 0 Å². The molecule has 0 saturated heterocycles. The molecule has 0 aliphatic heterocycles. The number of nitrogens with one attached hydrogen (secondary N) is 1. The predicted molar refractivity (Wildman–Crippen MR) is 57.5 cm³/mol. The molecular weight excluding hydrogens is 180 g/mol. The zero-order valence-electron chi connectivity index (χ0n) is 9.79. The standard InChI is InChI=1S/C10H22N2O2/c1-8(2)12(5)7-6-10(3,11-4)9(13)14/h8,11H,6-7H2,1-5H3,(H,13,14). The molecule has 0 heterocycles. The lowest BCUT2D eigenvalue weighted by Crippen LogP contribution is -2.49. The van der Waals surface area contributed by atoms with Gasteiger partial charge in [-0.25, -0.2) is 0 Å². The first-order valence-electron chi connectivity index (χ1n) is 4.96. The van der Waals surface area contributed by atoms with Crippen molar-refractivity contribution >= 4 is 5.97 Å². The minimum atomic E-state index is -0.816. The van der Waals surface area contributed by atoms with Crippen LogP contribution < -0.4 is 5.32 Å². The first-order chi connectivity index (χ1) is 6.33. The van der Waals surface area contributed by atoms with Crippen molar-refractivity contribution < 1.29 is 9.90 Å². The van der Waals surface area contributed by atoms with Crippen molar-refractivity contribution in [1.82, 2.24) is 10.2 Å². The van der Waals surface area contributed by atoms with Crippen LogP contribution in [0.3, 0.4) is 0 Å². The Hall–Kier alpha value is -0.610. The van der Waals surface area contributed by atoms with Crippen LogP contribution in [0.1, 0.15) is 27.2 Å². The Kier molecular flexibility index (Phi) is 5.08. The normalized spacial score (nSPS) is 15.9. The molecule has 0 rings (SSSR count). The third-order valence-electron chi connectivity index (χ3n) is 2.87. The summed E-state index contributed by atoms with van der Waals surface area (Å²) in [5, 5.41) is 11.8. The Bertz CT molecular complexity index is 195. The Balaban J connectivity index is 4.15. The largest absolute Gasteiger partial charge is 0.480 e. The predicted octanol–water partition coefficient (Wildman–Crippen LogP) is 0.779. The molecule has 0 aromatic heterocycles. The first kappa shape index (κ1) is 13.4. The molecule has 4 heteroatoms.